The minimum atomic E-state index is -2.34. The van der Waals surface area contributed by atoms with Crippen molar-refractivity contribution in [2.24, 2.45) is 5.73 Å². The Morgan fingerprint density at radius 2 is 1.76 bits per heavy atom. The van der Waals surface area contributed by atoms with E-state index in [0.29, 0.717) is 0 Å². The van der Waals surface area contributed by atoms with Crippen LogP contribution in [0.4, 0.5) is 0 Å². The van der Waals surface area contributed by atoms with Gasteiger partial charge in [0.25, 0.3) is 0 Å². The Balaban J connectivity index is 2.88. The molecule has 0 fully saturated rings. The van der Waals surface area contributed by atoms with E-state index in [1.165, 1.54) is 18.3 Å². The van der Waals surface area contributed by atoms with Crippen LogP contribution in [0.3, 0.4) is 0 Å². The number of carboxylic acid groups (broad SMARTS) is 2. The number of esters is 2. The molecule has 1 aromatic rings. The van der Waals surface area contributed by atoms with Gasteiger partial charge in [-0.15, -0.1) is 0 Å². The molecule has 0 amide bonds. The molecule has 0 spiro atoms. The molecule has 0 aromatic carbocycles. The lowest BCUT2D eigenvalue weighted by molar-refractivity contribution is -0.154. The van der Waals surface area contributed by atoms with Crippen molar-refractivity contribution >= 4 is 23.9 Å². The molecule has 0 aliphatic rings. The number of pyridine rings is 1. The van der Waals surface area contributed by atoms with Crippen LogP contribution in [0.5, 0.6) is 0 Å². The van der Waals surface area contributed by atoms with Gasteiger partial charge in [0, 0.05) is 12.4 Å². The van der Waals surface area contributed by atoms with Crippen LogP contribution in [0.25, 0.3) is 0 Å². The van der Waals surface area contributed by atoms with E-state index in [4.69, 9.17) is 15.9 Å². The van der Waals surface area contributed by atoms with Crippen LogP contribution < -0.4 is 5.73 Å². The third-order valence-corrected chi connectivity index (χ3v) is 2.42. The molecule has 0 bridgehead atoms. The van der Waals surface area contributed by atoms with Crippen LogP contribution in [0.1, 0.15) is 23.2 Å². The first-order valence-corrected chi connectivity index (χ1v) is 5.64. The highest BCUT2D eigenvalue weighted by Crippen LogP contribution is 2.16. The second kappa shape index (κ2) is 6.57. The SMILES string of the molecule is NC(CC(=O)O)(CC(=O)O)C(=O)OC(=O)c1cccnc1. The zero-order valence-corrected chi connectivity index (χ0v) is 10.7. The molecule has 0 aliphatic carbocycles. The van der Waals surface area contributed by atoms with Gasteiger partial charge in [0.1, 0.15) is 5.54 Å². The molecule has 0 saturated carbocycles. The number of aliphatic carboxylic acids is 2. The summed E-state index contributed by atoms with van der Waals surface area (Å²) in [5, 5.41) is 17.4. The van der Waals surface area contributed by atoms with Crippen molar-refractivity contribution in [3.05, 3.63) is 30.1 Å². The molecular weight excluding hydrogens is 284 g/mol. The number of ether oxygens (including phenoxy) is 1. The summed E-state index contributed by atoms with van der Waals surface area (Å²) in [6.07, 6.45) is 0.541. The molecule has 1 rings (SSSR count). The summed E-state index contributed by atoms with van der Waals surface area (Å²) in [5.74, 6) is -5.52. The fraction of sp³-hybridized carbons (Fsp3) is 0.250. The molecule has 1 heterocycles. The van der Waals surface area contributed by atoms with E-state index in [-0.39, 0.29) is 5.56 Å². The Bertz CT molecular complexity index is 554. The predicted molar refractivity (Wildman–Crippen MR) is 66.1 cm³/mol. The summed E-state index contributed by atoms with van der Waals surface area (Å²) in [4.78, 5) is 48.4. The second-order valence-corrected chi connectivity index (χ2v) is 4.22. The van der Waals surface area contributed by atoms with Crippen LogP contribution >= 0.6 is 0 Å². The third-order valence-electron chi connectivity index (χ3n) is 2.42. The summed E-state index contributed by atoms with van der Waals surface area (Å²) >= 11 is 0. The molecule has 112 valence electrons. The van der Waals surface area contributed by atoms with Gasteiger partial charge >= 0.3 is 23.9 Å². The van der Waals surface area contributed by atoms with Crippen LogP contribution in [0, 0.1) is 0 Å². The fourth-order valence-corrected chi connectivity index (χ4v) is 1.47. The average molecular weight is 296 g/mol. The predicted octanol–water partition coefficient (Wildman–Crippen LogP) is -0.588. The average Bonchev–Trinajstić information content (AvgIpc) is 2.37. The van der Waals surface area contributed by atoms with Gasteiger partial charge in [-0.2, -0.15) is 0 Å². The Labute approximate surface area is 118 Å². The van der Waals surface area contributed by atoms with E-state index in [2.05, 4.69) is 9.72 Å². The molecule has 9 nitrogen and oxygen atoms in total. The number of nitrogens with two attached hydrogens (primary N) is 1. The van der Waals surface area contributed by atoms with E-state index < -0.39 is 42.3 Å². The Kier molecular flexibility index (Phi) is 5.08. The summed E-state index contributed by atoms with van der Waals surface area (Å²) in [7, 11) is 0. The van der Waals surface area contributed by atoms with Gasteiger partial charge in [0.2, 0.25) is 0 Å². The number of rotatable bonds is 6. The summed E-state index contributed by atoms with van der Waals surface area (Å²) < 4.78 is 4.43. The first kappa shape index (κ1) is 16.2. The van der Waals surface area contributed by atoms with Gasteiger partial charge in [0.05, 0.1) is 18.4 Å². The van der Waals surface area contributed by atoms with Gasteiger partial charge in [0.15, 0.2) is 0 Å². The zero-order valence-electron chi connectivity index (χ0n) is 10.7. The lowest BCUT2D eigenvalue weighted by atomic mass is 9.92. The van der Waals surface area contributed by atoms with Crippen molar-refractivity contribution < 1.29 is 34.1 Å². The van der Waals surface area contributed by atoms with Gasteiger partial charge in [-0.05, 0) is 12.1 Å². The summed E-state index contributed by atoms with van der Waals surface area (Å²) in [5.41, 5.74) is 3.07. The van der Waals surface area contributed by atoms with E-state index in [1.807, 2.05) is 0 Å². The van der Waals surface area contributed by atoms with Crippen LogP contribution in [-0.2, 0) is 19.1 Å². The van der Waals surface area contributed by atoms with E-state index in [0.717, 1.165) is 6.20 Å². The standard InChI is InChI=1S/C12H12N2O7/c13-12(4-8(15)16,5-9(17)18)11(20)21-10(19)7-2-1-3-14-6-7/h1-3,6H,4-5,13H2,(H,15,16)(H,17,18). The normalized spacial score (nSPS) is 10.7. The van der Waals surface area contributed by atoms with Crippen molar-refractivity contribution in [2.75, 3.05) is 0 Å². The van der Waals surface area contributed by atoms with E-state index in [1.54, 1.807) is 0 Å². The lowest BCUT2D eigenvalue weighted by Gasteiger charge is -2.22. The number of hydrogen-bond donors (Lipinski definition) is 3. The molecule has 0 aliphatic heterocycles. The highest BCUT2D eigenvalue weighted by atomic mass is 16.6. The van der Waals surface area contributed by atoms with Crippen molar-refractivity contribution in [3.63, 3.8) is 0 Å². The van der Waals surface area contributed by atoms with Crippen molar-refractivity contribution in [2.45, 2.75) is 18.4 Å². The first-order valence-electron chi connectivity index (χ1n) is 5.64. The zero-order chi connectivity index (χ0) is 16.0. The number of carbonyl (C=O) groups excluding carboxylic acids is 2. The smallest absolute Gasteiger partial charge is 0.347 e. The Morgan fingerprint density at radius 1 is 1.19 bits per heavy atom. The van der Waals surface area contributed by atoms with Gasteiger partial charge in [-0.25, -0.2) is 9.59 Å². The maximum absolute atomic E-state index is 11.8. The summed E-state index contributed by atoms with van der Waals surface area (Å²) in [6, 6.07) is 2.74. The third kappa shape index (κ3) is 4.66. The van der Waals surface area contributed by atoms with E-state index >= 15 is 0 Å². The Morgan fingerprint density at radius 3 is 2.19 bits per heavy atom. The van der Waals surface area contributed by atoms with Crippen LogP contribution in [-0.4, -0.2) is 44.6 Å². The minimum Gasteiger partial charge on any atom is -0.481 e. The van der Waals surface area contributed by atoms with Crippen LogP contribution in [0.15, 0.2) is 24.5 Å². The first-order chi connectivity index (χ1) is 9.74. The molecule has 0 radical (unpaired) electrons. The van der Waals surface area contributed by atoms with Gasteiger partial charge in [-0.1, -0.05) is 0 Å². The van der Waals surface area contributed by atoms with Gasteiger partial charge < -0.3 is 20.7 Å². The molecule has 1 aromatic heterocycles. The van der Waals surface area contributed by atoms with Crippen molar-refractivity contribution in [3.8, 4) is 0 Å². The minimum absolute atomic E-state index is 0.0566. The quantitative estimate of drug-likeness (QED) is 0.461. The second-order valence-electron chi connectivity index (χ2n) is 4.22. The highest BCUT2D eigenvalue weighted by Gasteiger charge is 2.41. The molecule has 4 N–H and O–H groups in total. The van der Waals surface area contributed by atoms with Crippen LogP contribution in [0.2, 0.25) is 0 Å². The molecule has 9 heteroatoms. The highest BCUT2D eigenvalue weighted by molar-refractivity contribution is 6.01. The summed E-state index contributed by atoms with van der Waals surface area (Å²) in [6.45, 7) is 0. The van der Waals surface area contributed by atoms with Gasteiger partial charge in [-0.3, -0.25) is 14.6 Å². The monoisotopic (exact) mass is 296 g/mol. The number of hydrogen-bond acceptors (Lipinski definition) is 7. The van der Waals surface area contributed by atoms with Crippen molar-refractivity contribution in [1.29, 1.82) is 0 Å². The molecular formula is C12H12N2O7. The molecule has 21 heavy (non-hydrogen) atoms. The largest absolute Gasteiger partial charge is 0.481 e. The number of aromatic nitrogens is 1. The Hall–Kier alpha value is -2.81. The number of carboxylic acids is 2. The van der Waals surface area contributed by atoms with Crippen molar-refractivity contribution in [1.82, 2.24) is 4.98 Å². The topological polar surface area (TPSA) is 157 Å². The molecule has 0 saturated heterocycles. The lowest BCUT2D eigenvalue weighted by Crippen LogP contribution is -2.52. The maximum atomic E-state index is 11.8. The molecule has 0 unspecified atom stereocenters. The fourth-order valence-electron chi connectivity index (χ4n) is 1.47. The van der Waals surface area contributed by atoms with E-state index in [9.17, 15) is 19.2 Å². The number of nitrogens with zero attached hydrogens (tertiary/aromatic N) is 1. The molecule has 0 atom stereocenters. The maximum Gasteiger partial charge on any atom is 0.347 e. The number of carbonyl (C=O) groups is 4.